The molecule has 122 valence electrons. The van der Waals surface area contributed by atoms with Crippen molar-refractivity contribution in [3.05, 3.63) is 59.9 Å². The van der Waals surface area contributed by atoms with Gasteiger partial charge in [0.1, 0.15) is 11.6 Å². The number of anilines is 1. The molecule has 1 N–H and O–H groups in total. The number of halogens is 1. The third kappa shape index (κ3) is 3.64. The minimum Gasteiger partial charge on any atom is -0.508 e. The Morgan fingerprint density at radius 1 is 0.957 bits per heavy atom. The van der Waals surface area contributed by atoms with Gasteiger partial charge < -0.3 is 10.0 Å². The molecule has 1 fully saturated rings. The van der Waals surface area contributed by atoms with E-state index in [-0.39, 0.29) is 5.82 Å². The maximum absolute atomic E-state index is 13.1. The number of piperazine rings is 1. The second kappa shape index (κ2) is 7.01. The van der Waals surface area contributed by atoms with Crippen LogP contribution in [0.25, 0.3) is 0 Å². The van der Waals surface area contributed by atoms with Crippen LogP contribution in [0.5, 0.6) is 5.75 Å². The Kier molecular flexibility index (Phi) is 4.82. The van der Waals surface area contributed by atoms with Crippen LogP contribution in [-0.2, 0) is 0 Å². The highest BCUT2D eigenvalue weighted by molar-refractivity contribution is 5.49. The molecule has 3 rings (SSSR count). The van der Waals surface area contributed by atoms with E-state index in [4.69, 9.17) is 0 Å². The van der Waals surface area contributed by atoms with Gasteiger partial charge in [0.15, 0.2) is 0 Å². The molecule has 4 heteroatoms. The van der Waals surface area contributed by atoms with Gasteiger partial charge in [-0.25, -0.2) is 4.39 Å². The molecule has 1 saturated heterocycles. The van der Waals surface area contributed by atoms with E-state index in [1.807, 2.05) is 24.3 Å². The highest BCUT2D eigenvalue weighted by Gasteiger charge is 2.24. The molecule has 1 atom stereocenters. The Labute approximate surface area is 137 Å². The van der Waals surface area contributed by atoms with Crippen LogP contribution in [0.15, 0.2) is 48.5 Å². The third-order valence-electron chi connectivity index (χ3n) is 4.61. The SMILES string of the molecule is CCC(c1ccc(F)cc1)N1CCN(c2ccc(O)cc2)CC1. The molecule has 0 aromatic heterocycles. The number of nitrogens with zero attached hydrogens (tertiary/aromatic N) is 2. The van der Waals surface area contributed by atoms with E-state index in [0.717, 1.165) is 38.3 Å². The van der Waals surface area contributed by atoms with Gasteiger partial charge in [-0.15, -0.1) is 0 Å². The van der Waals surface area contributed by atoms with Crippen molar-refractivity contribution in [3.63, 3.8) is 0 Å². The summed E-state index contributed by atoms with van der Waals surface area (Å²) in [6, 6.07) is 14.6. The molecule has 0 radical (unpaired) electrons. The van der Waals surface area contributed by atoms with Crippen molar-refractivity contribution in [1.82, 2.24) is 4.90 Å². The number of hydrogen-bond acceptors (Lipinski definition) is 3. The monoisotopic (exact) mass is 314 g/mol. The van der Waals surface area contributed by atoms with Crippen molar-refractivity contribution >= 4 is 5.69 Å². The number of rotatable bonds is 4. The first kappa shape index (κ1) is 15.8. The minimum atomic E-state index is -0.180. The highest BCUT2D eigenvalue weighted by Crippen LogP contribution is 2.27. The van der Waals surface area contributed by atoms with Crippen molar-refractivity contribution in [2.24, 2.45) is 0 Å². The van der Waals surface area contributed by atoms with Crippen LogP contribution in [0, 0.1) is 5.82 Å². The Balaban J connectivity index is 1.65. The fourth-order valence-corrected chi connectivity index (χ4v) is 3.34. The summed E-state index contributed by atoms with van der Waals surface area (Å²) >= 11 is 0. The third-order valence-corrected chi connectivity index (χ3v) is 4.61. The quantitative estimate of drug-likeness (QED) is 0.930. The molecule has 1 aliphatic heterocycles. The first-order valence-corrected chi connectivity index (χ1v) is 8.21. The molecular formula is C19H23FN2O. The Bertz CT molecular complexity index is 619. The highest BCUT2D eigenvalue weighted by atomic mass is 19.1. The first-order valence-electron chi connectivity index (χ1n) is 8.21. The van der Waals surface area contributed by atoms with E-state index in [2.05, 4.69) is 16.7 Å². The van der Waals surface area contributed by atoms with Crippen LogP contribution < -0.4 is 4.90 Å². The summed E-state index contributed by atoms with van der Waals surface area (Å²) in [5.74, 6) is 0.121. The Morgan fingerprint density at radius 2 is 1.57 bits per heavy atom. The molecule has 0 spiro atoms. The van der Waals surface area contributed by atoms with Gasteiger partial charge in [-0.2, -0.15) is 0 Å². The Hall–Kier alpha value is -2.07. The van der Waals surface area contributed by atoms with E-state index < -0.39 is 0 Å². The summed E-state index contributed by atoms with van der Waals surface area (Å²) in [7, 11) is 0. The molecule has 0 aliphatic carbocycles. The average molecular weight is 314 g/mol. The second-order valence-corrected chi connectivity index (χ2v) is 6.02. The zero-order valence-electron chi connectivity index (χ0n) is 13.5. The molecule has 1 aliphatic rings. The van der Waals surface area contributed by atoms with Gasteiger partial charge in [0, 0.05) is 37.9 Å². The van der Waals surface area contributed by atoms with Crippen molar-refractivity contribution in [1.29, 1.82) is 0 Å². The second-order valence-electron chi connectivity index (χ2n) is 6.02. The molecule has 2 aromatic rings. The van der Waals surface area contributed by atoms with E-state index in [1.54, 1.807) is 24.3 Å². The van der Waals surface area contributed by atoms with Gasteiger partial charge in [0.2, 0.25) is 0 Å². The van der Waals surface area contributed by atoms with Gasteiger partial charge >= 0.3 is 0 Å². The largest absolute Gasteiger partial charge is 0.508 e. The average Bonchev–Trinajstić information content (AvgIpc) is 2.59. The van der Waals surface area contributed by atoms with Crippen molar-refractivity contribution < 1.29 is 9.50 Å². The molecule has 23 heavy (non-hydrogen) atoms. The van der Waals surface area contributed by atoms with Crippen LogP contribution >= 0.6 is 0 Å². The maximum Gasteiger partial charge on any atom is 0.123 e. The van der Waals surface area contributed by atoms with Crippen LogP contribution in [0.4, 0.5) is 10.1 Å². The van der Waals surface area contributed by atoms with E-state index in [9.17, 15) is 9.50 Å². The minimum absolute atomic E-state index is 0.180. The number of benzene rings is 2. The summed E-state index contributed by atoms with van der Waals surface area (Å²) in [4.78, 5) is 4.82. The summed E-state index contributed by atoms with van der Waals surface area (Å²) < 4.78 is 13.1. The molecule has 3 nitrogen and oxygen atoms in total. The standard InChI is InChI=1S/C19H23FN2O/c1-2-19(15-3-5-16(20)6-4-15)22-13-11-21(12-14-22)17-7-9-18(23)10-8-17/h3-10,19,23H,2,11-14H2,1H3. The van der Waals surface area contributed by atoms with Gasteiger partial charge in [-0.3, -0.25) is 4.90 Å². The lowest BCUT2D eigenvalue weighted by Gasteiger charge is -2.40. The summed E-state index contributed by atoms with van der Waals surface area (Å²) in [6.45, 7) is 6.07. The van der Waals surface area contributed by atoms with Gasteiger partial charge in [0.25, 0.3) is 0 Å². The molecule has 1 unspecified atom stereocenters. The first-order chi connectivity index (χ1) is 11.2. The molecule has 1 heterocycles. The maximum atomic E-state index is 13.1. The normalized spacial score (nSPS) is 17.2. The van der Waals surface area contributed by atoms with Crippen molar-refractivity contribution in [3.8, 4) is 5.75 Å². The van der Waals surface area contributed by atoms with E-state index in [0.29, 0.717) is 11.8 Å². The van der Waals surface area contributed by atoms with Gasteiger partial charge in [0.05, 0.1) is 0 Å². The summed E-state index contributed by atoms with van der Waals surface area (Å²) in [5, 5.41) is 9.39. The number of aromatic hydroxyl groups is 1. The fraction of sp³-hybridized carbons (Fsp3) is 0.368. The predicted molar refractivity (Wildman–Crippen MR) is 91.3 cm³/mol. The lowest BCUT2D eigenvalue weighted by molar-refractivity contribution is 0.181. The smallest absolute Gasteiger partial charge is 0.123 e. The number of phenolic OH excluding ortho intramolecular Hbond substituents is 1. The zero-order valence-corrected chi connectivity index (χ0v) is 13.5. The molecule has 0 amide bonds. The lowest BCUT2D eigenvalue weighted by atomic mass is 10.0. The van der Waals surface area contributed by atoms with Crippen LogP contribution in [0.3, 0.4) is 0 Å². The zero-order chi connectivity index (χ0) is 16.2. The van der Waals surface area contributed by atoms with E-state index >= 15 is 0 Å². The molecular weight excluding hydrogens is 291 g/mol. The van der Waals surface area contributed by atoms with Crippen LogP contribution in [-0.4, -0.2) is 36.2 Å². The fourth-order valence-electron chi connectivity index (χ4n) is 3.34. The van der Waals surface area contributed by atoms with Gasteiger partial charge in [-0.1, -0.05) is 19.1 Å². The number of phenols is 1. The topological polar surface area (TPSA) is 26.7 Å². The van der Waals surface area contributed by atoms with E-state index in [1.165, 1.54) is 5.56 Å². The summed E-state index contributed by atoms with van der Waals surface area (Å²) in [5.41, 5.74) is 2.34. The van der Waals surface area contributed by atoms with Gasteiger partial charge in [-0.05, 0) is 48.4 Å². The molecule has 0 saturated carbocycles. The molecule has 0 bridgehead atoms. The predicted octanol–water partition coefficient (Wildman–Crippen LogP) is 3.80. The summed E-state index contributed by atoms with van der Waals surface area (Å²) in [6.07, 6.45) is 1.02. The van der Waals surface area contributed by atoms with Crippen LogP contribution in [0.2, 0.25) is 0 Å². The van der Waals surface area contributed by atoms with Crippen molar-refractivity contribution in [2.75, 3.05) is 31.1 Å². The number of hydrogen-bond donors (Lipinski definition) is 1. The van der Waals surface area contributed by atoms with Crippen LogP contribution in [0.1, 0.15) is 24.9 Å². The van der Waals surface area contributed by atoms with Crippen molar-refractivity contribution in [2.45, 2.75) is 19.4 Å². The molecule has 2 aromatic carbocycles. The Morgan fingerprint density at radius 3 is 2.13 bits per heavy atom. The lowest BCUT2D eigenvalue weighted by Crippen LogP contribution is -2.47.